The molecule has 1 aromatic heterocycles. The van der Waals surface area contributed by atoms with Crippen LogP contribution in [0.1, 0.15) is 34.3 Å². The lowest BCUT2D eigenvalue weighted by molar-refractivity contribution is 0.0374. The van der Waals surface area contributed by atoms with E-state index in [9.17, 15) is 9.18 Å². The van der Waals surface area contributed by atoms with Crippen molar-refractivity contribution < 1.29 is 13.7 Å². The van der Waals surface area contributed by atoms with Crippen molar-refractivity contribution in [3.63, 3.8) is 0 Å². The van der Waals surface area contributed by atoms with Gasteiger partial charge in [-0.3, -0.25) is 4.79 Å². The van der Waals surface area contributed by atoms with E-state index < -0.39 is 5.82 Å². The number of amides is 1. The van der Waals surface area contributed by atoms with Crippen molar-refractivity contribution in [2.45, 2.75) is 19.4 Å². The summed E-state index contributed by atoms with van der Waals surface area (Å²) in [6.45, 7) is 2.53. The van der Waals surface area contributed by atoms with E-state index in [1.165, 1.54) is 12.1 Å². The minimum Gasteiger partial charge on any atom is -0.337 e. The average Bonchev–Trinajstić information content (AvgIpc) is 3.03. The first kappa shape index (κ1) is 15.5. The molecular weight excluding hydrogens is 321 g/mol. The van der Waals surface area contributed by atoms with E-state index in [4.69, 9.17) is 4.52 Å². The highest BCUT2D eigenvalue weighted by molar-refractivity contribution is 5.95. The summed E-state index contributed by atoms with van der Waals surface area (Å²) < 4.78 is 19.2. The molecule has 5 nitrogen and oxygen atoms in total. The Labute approximate surface area is 144 Å². The Morgan fingerprint density at radius 3 is 2.80 bits per heavy atom. The van der Waals surface area contributed by atoms with Crippen molar-refractivity contribution in [1.82, 2.24) is 15.0 Å². The van der Waals surface area contributed by atoms with Crippen molar-refractivity contribution in [3.05, 3.63) is 71.4 Å². The van der Waals surface area contributed by atoms with Crippen LogP contribution in [0.3, 0.4) is 0 Å². The Kier molecular flexibility index (Phi) is 3.80. The highest BCUT2D eigenvalue weighted by atomic mass is 19.1. The van der Waals surface area contributed by atoms with Gasteiger partial charge in [-0.25, -0.2) is 4.39 Å². The van der Waals surface area contributed by atoms with E-state index in [0.717, 1.165) is 17.5 Å². The summed E-state index contributed by atoms with van der Waals surface area (Å²) in [5.41, 5.74) is 2.02. The van der Waals surface area contributed by atoms with Crippen LogP contribution in [0.15, 0.2) is 53.1 Å². The zero-order chi connectivity index (χ0) is 17.4. The van der Waals surface area contributed by atoms with E-state index in [-0.39, 0.29) is 17.5 Å². The minimum absolute atomic E-state index is 0.0608. The molecule has 1 fully saturated rings. The second-order valence-electron chi connectivity index (χ2n) is 6.11. The molecule has 4 rings (SSSR count). The SMILES string of the molecule is Cc1cccc(-c2noc([C@@H]3CCN3C(=O)c3ccccc3F)n2)c1. The van der Waals surface area contributed by atoms with E-state index in [2.05, 4.69) is 10.1 Å². The standard InChI is InChI=1S/C19H16FN3O2/c1-12-5-4-6-13(11-12)17-21-18(25-22-17)16-9-10-23(16)19(24)14-7-2-3-8-15(14)20/h2-8,11,16H,9-10H2,1H3/t16-/m0/s1. The van der Waals surface area contributed by atoms with E-state index in [1.54, 1.807) is 17.0 Å². The quantitative estimate of drug-likeness (QED) is 0.730. The highest BCUT2D eigenvalue weighted by Gasteiger charge is 2.38. The van der Waals surface area contributed by atoms with Crippen molar-refractivity contribution in [1.29, 1.82) is 0 Å². The number of likely N-dealkylation sites (tertiary alicyclic amines) is 1. The molecule has 1 amide bonds. The first-order valence-electron chi connectivity index (χ1n) is 8.09. The number of benzene rings is 2. The summed E-state index contributed by atoms with van der Waals surface area (Å²) in [6.07, 6.45) is 0.718. The number of halogens is 1. The van der Waals surface area contributed by atoms with Gasteiger partial charge in [-0.2, -0.15) is 4.98 Å². The van der Waals surface area contributed by atoms with Crippen LogP contribution in [-0.4, -0.2) is 27.5 Å². The third-order valence-corrected chi connectivity index (χ3v) is 4.39. The fourth-order valence-electron chi connectivity index (χ4n) is 2.95. The summed E-state index contributed by atoms with van der Waals surface area (Å²) in [4.78, 5) is 18.5. The van der Waals surface area contributed by atoms with Gasteiger partial charge in [0.05, 0.1) is 5.56 Å². The Morgan fingerprint density at radius 1 is 1.24 bits per heavy atom. The molecule has 0 bridgehead atoms. The first-order valence-corrected chi connectivity index (χ1v) is 8.09. The molecule has 3 aromatic rings. The summed E-state index contributed by atoms with van der Waals surface area (Å²) >= 11 is 0. The van der Waals surface area contributed by atoms with Crippen molar-refractivity contribution in [2.75, 3.05) is 6.54 Å². The molecule has 0 unspecified atom stereocenters. The van der Waals surface area contributed by atoms with Crippen LogP contribution in [-0.2, 0) is 0 Å². The fraction of sp³-hybridized carbons (Fsp3) is 0.211. The number of aromatic nitrogens is 2. The molecule has 25 heavy (non-hydrogen) atoms. The maximum atomic E-state index is 13.9. The van der Waals surface area contributed by atoms with E-state index in [1.807, 2.05) is 31.2 Å². The third-order valence-electron chi connectivity index (χ3n) is 4.39. The van der Waals surface area contributed by atoms with Crippen molar-refractivity contribution in [3.8, 4) is 11.4 Å². The molecule has 0 saturated carbocycles. The summed E-state index contributed by atoms with van der Waals surface area (Å²) in [5, 5.41) is 4.02. The number of carbonyl (C=O) groups is 1. The van der Waals surface area contributed by atoms with Crippen LogP contribution in [0.4, 0.5) is 4.39 Å². The maximum absolute atomic E-state index is 13.9. The number of nitrogens with zero attached hydrogens (tertiary/aromatic N) is 3. The number of hydrogen-bond acceptors (Lipinski definition) is 4. The van der Waals surface area contributed by atoms with Gasteiger partial charge < -0.3 is 9.42 Å². The van der Waals surface area contributed by atoms with E-state index >= 15 is 0 Å². The predicted molar refractivity (Wildman–Crippen MR) is 89.3 cm³/mol. The lowest BCUT2D eigenvalue weighted by Crippen LogP contribution is -2.45. The van der Waals surface area contributed by atoms with Gasteiger partial charge in [0.25, 0.3) is 5.91 Å². The Balaban J connectivity index is 1.57. The maximum Gasteiger partial charge on any atom is 0.257 e. The lowest BCUT2D eigenvalue weighted by Gasteiger charge is -2.38. The number of rotatable bonds is 3. The van der Waals surface area contributed by atoms with Crippen LogP contribution < -0.4 is 0 Å². The normalized spacial score (nSPS) is 16.6. The third kappa shape index (κ3) is 2.80. The summed E-state index contributed by atoms with van der Waals surface area (Å²) in [5.74, 6) is -0.00915. The zero-order valence-electron chi connectivity index (χ0n) is 13.6. The van der Waals surface area contributed by atoms with Gasteiger partial charge in [-0.1, -0.05) is 41.1 Å². The van der Waals surface area contributed by atoms with Gasteiger partial charge in [0.1, 0.15) is 11.9 Å². The molecule has 1 aliphatic rings. The van der Waals surface area contributed by atoms with Crippen molar-refractivity contribution in [2.24, 2.45) is 0 Å². The van der Waals surface area contributed by atoms with Gasteiger partial charge in [0.2, 0.25) is 11.7 Å². The molecule has 0 spiro atoms. The zero-order valence-corrected chi connectivity index (χ0v) is 13.6. The average molecular weight is 337 g/mol. The van der Waals surface area contributed by atoms with Crippen LogP contribution >= 0.6 is 0 Å². The fourth-order valence-corrected chi connectivity index (χ4v) is 2.95. The molecule has 1 aliphatic heterocycles. The van der Waals surface area contributed by atoms with Gasteiger partial charge in [-0.15, -0.1) is 0 Å². The van der Waals surface area contributed by atoms with Crippen LogP contribution in [0.25, 0.3) is 11.4 Å². The first-order chi connectivity index (χ1) is 12.1. The van der Waals surface area contributed by atoms with Crippen molar-refractivity contribution >= 4 is 5.91 Å². The van der Waals surface area contributed by atoms with Gasteiger partial charge in [0, 0.05) is 12.1 Å². The summed E-state index contributed by atoms with van der Waals surface area (Å²) in [7, 11) is 0. The Morgan fingerprint density at radius 2 is 2.08 bits per heavy atom. The lowest BCUT2D eigenvalue weighted by atomic mass is 10.0. The van der Waals surface area contributed by atoms with Crippen LogP contribution in [0.2, 0.25) is 0 Å². The Hall–Kier alpha value is -3.02. The predicted octanol–water partition coefficient (Wildman–Crippen LogP) is 3.77. The molecule has 2 heterocycles. The second-order valence-corrected chi connectivity index (χ2v) is 6.11. The number of carbonyl (C=O) groups excluding carboxylic acids is 1. The van der Waals surface area contributed by atoms with Crippen LogP contribution in [0.5, 0.6) is 0 Å². The molecule has 1 atom stereocenters. The molecule has 0 radical (unpaired) electrons. The number of aryl methyl sites for hydroxylation is 1. The molecule has 0 aliphatic carbocycles. The molecule has 126 valence electrons. The Bertz CT molecular complexity index is 938. The molecular formula is C19H16FN3O2. The summed E-state index contributed by atoms with van der Waals surface area (Å²) in [6, 6.07) is 13.5. The monoisotopic (exact) mass is 337 g/mol. The topological polar surface area (TPSA) is 59.2 Å². The van der Waals surface area contributed by atoms with Gasteiger partial charge >= 0.3 is 0 Å². The molecule has 0 N–H and O–H groups in total. The largest absolute Gasteiger partial charge is 0.337 e. The highest BCUT2D eigenvalue weighted by Crippen LogP contribution is 2.34. The van der Waals surface area contributed by atoms with E-state index in [0.29, 0.717) is 18.3 Å². The molecule has 1 saturated heterocycles. The number of hydrogen-bond donors (Lipinski definition) is 0. The molecule has 2 aromatic carbocycles. The minimum atomic E-state index is -0.524. The smallest absolute Gasteiger partial charge is 0.257 e. The molecule has 6 heteroatoms. The second kappa shape index (κ2) is 6.12. The van der Waals surface area contributed by atoms with Gasteiger partial charge in [0.15, 0.2) is 0 Å². The van der Waals surface area contributed by atoms with Crippen LogP contribution in [0, 0.1) is 12.7 Å². The van der Waals surface area contributed by atoms with Gasteiger partial charge in [-0.05, 0) is 31.5 Å².